The molecule has 186 valence electrons. The van der Waals surface area contributed by atoms with Crippen molar-refractivity contribution in [1.29, 1.82) is 0 Å². The Hall–Kier alpha value is -3.21. The molecule has 10 heteroatoms. The van der Waals surface area contributed by atoms with Gasteiger partial charge in [0.05, 0.1) is 22.5 Å². The van der Waals surface area contributed by atoms with Crippen molar-refractivity contribution >= 4 is 44.9 Å². The molecule has 4 aromatic rings. The number of benzene rings is 2. The lowest BCUT2D eigenvalue weighted by molar-refractivity contribution is -0.124. The molecule has 1 aliphatic rings. The Morgan fingerprint density at radius 2 is 1.86 bits per heavy atom. The van der Waals surface area contributed by atoms with Crippen LogP contribution < -0.4 is 5.32 Å². The van der Waals surface area contributed by atoms with Crippen molar-refractivity contribution in [3.8, 4) is 0 Å². The van der Waals surface area contributed by atoms with Crippen LogP contribution in [0.15, 0.2) is 76.2 Å². The molecule has 0 aliphatic heterocycles. The van der Waals surface area contributed by atoms with Gasteiger partial charge in [-0.15, -0.1) is 0 Å². The van der Waals surface area contributed by atoms with E-state index < -0.39 is 40.5 Å². The molecule has 3 N–H and O–H groups in total. The number of hydrogen-bond acceptors (Lipinski definition) is 7. The Labute approximate surface area is 209 Å². The minimum atomic E-state index is -3.88. The lowest BCUT2D eigenvalue weighted by atomic mass is 9.76. The predicted octanol–water partition coefficient (Wildman–Crippen LogP) is 2.91. The Kier molecular flexibility index (Phi) is 6.83. The smallest absolute Gasteiger partial charge is 0.438 e. The molecule has 1 fully saturated rings. The van der Waals surface area contributed by atoms with Crippen molar-refractivity contribution < 1.29 is 27.7 Å². The zero-order valence-corrected chi connectivity index (χ0v) is 20.4. The highest BCUT2D eigenvalue weighted by atomic mass is 32.2. The fourth-order valence-electron chi connectivity index (χ4n) is 4.54. The van der Waals surface area contributed by atoms with Crippen molar-refractivity contribution in [2.45, 2.75) is 36.5 Å². The molecule has 0 saturated heterocycles. The number of amides is 1. The van der Waals surface area contributed by atoms with E-state index in [9.17, 15) is 23.3 Å². The van der Waals surface area contributed by atoms with E-state index in [-0.39, 0.29) is 11.3 Å². The van der Waals surface area contributed by atoms with Gasteiger partial charge in [-0.1, -0.05) is 43.2 Å². The van der Waals surface area contributed by atoms with Crippen molar-refractivity contribution in [3.63, 3.8) is 0 Å². The Morgan fingerprint density at radius 3 is 2.58 bits per heavy atom. The van der Waals surface area contributed by atoms with E-state index >= 15 is 0 Å². The third kappa shape index (κ3) is 5.45. The van der Waals surface area contributed by atoms with E-state index in [0.717, 1.165) is 18.4 Å². The minimum absolute atomic E-state index is 0.0872. The van der Waals surface area contributed by atoms with Gasteiger partial charge in [-0.3, -0.25) is 4.79 Å². The number of sulfone groups is 1. The maximum Gasteiger partial charge on any atom is 0.475 e. The third-order valence-electron chi connectivity index (χ3n) is 6.67. The van der Waals surface area contributed by atoms with Crippen LogP contribution in [-0.2, 0) is 21.1 Å². The number of nitrogens with zero attached hydrogens (tertiary/aromatic N) is 1. The molecular formula is C26H27BN2O6S. The van der Waals surface area contributed by atoms with Crippen LogP contribution in [0.25, 0.3) is 22.1 Å². The lowest BCUT2D eigenvalue weighted by Crippen LogP contribution is -2.50. The van der Waals surface area contributed by atoms with Gasteiger partial charge in [-0.25, -0.2) is 13.4 Å². The molecule has 36 heavy (non-hydrogen) atoms. The van der Waals surface area contributed by atoms with Crippen LogP contribution in [0.1, 0.15) is 24.8 Å². The van der Waals surface area contributed by atoms with Crippen LogP contribution in [0.2, 0.25) is 0 Å². The summed E-state index contributed by atoms with van der Waals surface area (Å²) in [6.07, 6.45) is 4.23. The zero-order chi connectivity index (χ0) is 25.3. The SMILES string of the molecule is O=C(N[C@@H](CC1CC1)B(O)O)[C@H](Cc1ccccc1)CS(=O)(=O)c1ccc2oc3ncccc3c2c1. The molecule has 2 aromatic heterocycles. The van der Waals surface area contributed by atoms with Crippen LogP contribution in [0.4, 0.5) is 0 Å². The maximum atomic E-state index is 13.5. The number of carbonyl (C=O) groups excluding carboxylic acids is 1. The second-order valence-corrected chi connectivity index (χ2v) is 11.5. The number of pyridine rings is 1. The van der Waals surface area contributed by atoms with Gasteiger partial charge in [-0.05, 0) is 54.7 Å². The standard InChI is InChI=1S/C26H27BN2O6S/c30-25(29-24(27(31)32)14-18-8-9-18)19(13-17-5-2-1-3-6-17)16-36(33,34)20-10-11-23-22(15-20)21-7-4-12-28-26(21)35-23/h1-7,10-12,15,18-19,24,31-32H,8-9,13-14,16H2,(H,29,30)/t19-,24+/m1/s1. The number of nitrogens with one attached hydrogen (secondary N) is 1. The summed E-state index contributed by atoms with van der Waals surface area (Å²) in [5.41, 5.74) is 1.77. The normalized spacial score (nSPS) is 15.6. The number of furan rings is 1. The monoisotopic (exact) mass is 506 g/mol. The topological polar surface area (TPSA) is 130 Å². The second kappa shape index (κ2) is 10.0. The predicted molar refractivity (Wildman–Crippen MR) is 137 cm³/mol. The highest BCUT2D eigenvalue weighted by Crippen LogP contribution is 2.34. The van der Waals surface area contributed by atoms with Gasteiger partial charge in [0, 0.05) is 17.0 Å². The summed E-state index contributed by atoms with van der Waals surface area (Å²) in [6.45, 7) is 0. The average Bonchev–Trinajstić information content (AvgIpc) is 3.61. The number of fused-ring (bicyclic) bond motifs is 3. The first-order valence-electron chi connectivity index (χ1n) is 12.0. The minimum Gasteiger partial charge on any atom is -0.438 e. The summed E-state index contributed by atoms with van der Waals surface area (Å²) in [6, 6.07) is 17.4. The van der Waals surface area contributed by atoms with Crippen molar-refractivity contribution in [2.24, 2.45) is 11.8 Å². The van der Waals surface area contributed by atoms with Gasteiger partial charge < -0.3 is 19.8 Å². The first-order valence-corrected chi connectivity index (χ1v) is 13.7. The van der Waals surface area contributed by atoms with Crippen molar-refractivity contribution in [3.05, 3.63) is 72.4 Å². The summed E-state index contributed by atoms with van der Waals surface area (Å²) >= 11 is 0. The first kappa shape index (κ1) is 24.5. The Morgan fingerprint density at radius 1 is 1.08 bits per heavy atom. The van der Waals surface area contributed by atoms with Gasteiger partial charge >= 0.3 is 7.12 Å². The number of carbonyl (C=O) groups is 1. The first-order chi connectivity index (χ1) is 17.3. The number of rotatable bonds is 10. The van der Waals surface area contributed by atoms with E-state index in [0.29, 0.717) is 34.4 Å². The molecule has 1 aliphatic carbocycles. The molecule has 5 rings (SSSR count). The highest BCUT2D eigenvalue weighted by molar-refractivity contribution is 7.91. The molecule has 2 heterocycles. The lowest BCUT2D eigenvalue weighted by Gasteiger charge is -2.22. The summed E-state index contributed by atoms with van der Waals surface area (Å²) < 4.78 is 32.7. The summed E-state index contributed by atoms with van der Waals surface area (Å²) in [7, 11) is -5.59. The molecule has 0 unspecified atom stereocenters. The van der Waals surface area contributed by atoms with E-state index in [2.05, 4.69) is 10.3 Å². The second-order valence-electron chi connectivity index (χ2n) is 9.49. The van der Waals surface area contributed by atoms with Crippen molar-refractivity contribution in [2.75, 3.05) is 5.75 Å². The van der Waals surface area contributed by atoms with E-state index in [1.807, 2.05) is 36.4 Å². The fourth-order valence-corrected chi connectivity index (χ4v) is 6.10. The van der Waals surface area contributed by atoms with Crippen molar-refractivity contribution in [1.82, 2.24) is 10.3 Å². The molecule has 0 spiro atoms. The Bertz CT molecular complexity index is 1480. The highest BCUT2D eigenvalue weighted by Gasteiger charge is 2.35. The van der Waals surface area contributed by atoms with Crippen LogP contribution >= 0.6 is 0 Å². The van der Waals surface area contributed by atoms with E-state index in [4.69, 9.17) is 4.42 Å². The molecule has 1 amide bonds. The molecule has 2 aromatic carbocycles. The quantitative estimate of drug-likeness (QED) is 0.282. The average molecular weight is 506 g/mol. The molecule has 0 bridgehead atoms. The molecular weight excluding hydrogens is 479 g/mol. The molecule has 2 atom stereocenters. The fraction of sp³-hybridized carbons (Fsp3) is 0.308. The summed E-state index contributed by atoms with van der Waals surface area (Å²) in [5.74, 6) is -2.35. The molecule has 0 radical (unpaired) electrons. The van der Waals surface area contributed by atoms with Gasteiger partial charge in [-0.2, -0.15) is 0 Å². The number of aromatic nitrogens is 1. The van der Waals surface area contributed by atoms with Crippen LogP contribution in [0.3, 0.4) is 0 Å². The third-order valence-corrected chi connectivity index (χ3v) is 8.48. The molecule has 8 nitrogen and oxygen atoms in total. The summed E-state index contributed by atoms with van der Waals surface area (Å²) in [4.78, 5) is 17.6. The van der Waals surface area contributed by atoms with E-state index in [1.165, 1.54) is 6.07 Å². The van der Waals surface area contributed by atoms with Crippen LogP contribution in [0.5, 0.6) is 0 Å². The van der Waals surface area contributed by atoms with E-state index in [1.54, 1.807) is 24.4 Å². The van der Waals surface area contributed by atoms with Crippen LogP contribution in [0, 0.1) is 11.8 Å². The van der Waals surface area contributed by atoms with Gasteiger partial charge in [0.25, 0.3) is 0 Å². The molecule has 1 saturated carbocycles. The van der Waals surface area contributed by atoms with Gasteiger partial charge in [0.15, 0.2) is 9.84 Å². The largest absolute Gasteiger partial charge is 0.475 e. The van der Waals surface area contributed by atoms with Gasteiger partial charge in [0.1, 0.15) is 5.58 Å². The Balaban J connectivity index is 1.43. The maximum absolute atomic E-state index is 13.5. The van der Waals surface area contributed by atoms with Gasteiger partial charge in [0.2, 0.25) is 11.6 Å². The van der Waals surface area contributed by atoms with Crippen LogP contribution in [-0.4, -0.2) is 48.2 Å². The number of hydrogen-bond donors (Lipinski definition) is 3. The zero-order valence-electron chi connectivity index (χ0n) is 19.6. The summed E-state index contributed by atoms with van der Waals surface area (Å²) in [5, 5.41) is 23.6.